The molecule has 2 nitrogen and oxygen atoms in total. The van der Waals surface area contributed by atoms with Gasteiger partial charge in [0, 0.05) is 0 Å². The molecule has 0 bridgehead atoms. The lowest BCUT2D eigenvalue weighted by atomic mass is 9.85. The van der Waals surface area contributed by atoms with Crippen LogP contribution in [0.4, 0.5) is 0 Å². The van der Waals surface area contributed by atoms with E-state index in [0.29, 0.717) is 5.92 Å². The van der Waals surface area contributed by atoms with Crippen LogP contribution in [0.5, 0.6) is 0 Å². The molecule has 0 saturated heterocycles. The van der Waals surface area contributed by atoms with Crippen molar-refractivity contribution in [2.75, 3.05) is 0 Å². The van der Waals surface area contributed by atoms with E-state index in [0.717, 1.165) is 12.0 Å². The zero-order chi connectivity index (χ0) is 13.9. The molecule has 1 rings (SSSR count). The van der Waals surface area contributed by atoms with Crippen LogP contribution in [0.1, 0.15) is 58.2 Å². The van der Waals surface area contributed by atoms with E-state index in [9.17, 15) is 5.11 Å². The monoisotopic (exact) mass is 285 g/mol. The Kier molecular flexibility index (Phi) is 7.06. The van der Waals surface area contributed by atoms with Crippen LogP contribution >= 0.6 is 12.4 Å². The molecule has 0 spiro atoms. The molecule has 1 aromatic carbocycles. The van der Waals surface area contributed by atoms with Crippen molar-refractivity contribution in [2.24, 2.45) is 11.7 Å². The van der Waals surface area contributed by atoms with Gasteiger partial charge in [-0.25, -0.2) is 0 Å². The highest BCUT2D eigenvalue weighted by Gasteiger charge is 2.19. The zero-order valence-electron chi connectivity index (χ0n) is 12.7. The van der Waals surface area contributed by atoms with Gasteiger partial charge in [-0.3, -0.25) is 0 Å². The van der Waals surface area contributed by atoms with Crippen LogP contribution in [0.15, 0.2) is 24.3 Å². The number of halogens is 1. The third-order valence-corrected chi connectivity index (χ3v) is 3.29. The molecule has 0 aliphatic heterocycles. The molecule has 0 aromatic heterocycles. The Balaban J connectivity index is 0.00000324. The minimum Gasteiger partial charge on any atom is -0.391 e. The first kappa shape index (κ1) is 18.4. The van der Waals surface area contributed by atoms with Gasteiger partial charge in [-0.15, -0.1) is 12.4 Å². The van der Waals surface area contributed by atoms with Crippen molar-refractivity contribution in [1.29, 1.82) is 0 Å². The first-order valence-corrected chi connectivity index (χ1v) is 6.76. The average Bonchev–Trinajstić information content (AvgIpc) is 2.26. The van der Waals surface area contributed by atoms with Gasteiger partial charge in [-0.1, -0.05) is 58.9 Å². The van der Waals surface area contributed by atoms with E-state index in [1.807, 2.05) is 12.1 Å². The Morgan fingerprint density at radius 2 is 1.58 bits per heavy atom. The Labute approximate surface area is 123 Å². The number of nitrogens with two attached hydrogens (primary N) is 1. The molecule has 0 unspecified atom stereocenters. The van der Waals surface area contributed by atoms with E-state index < -0.39 is 6.10 Å². The summed E-state index contributed by atoms with van der Waals surface area (Å²) >= 11 is 0. The van der Waals surface area contributed by atoms with E-state index in [2.05, 4.69) is 46.8 Å². The summed E-state index contributed by atoms with van der Waals surface area (Å²) < 4.78 is 0. The SMILES string of the molecule is CC(C)C[C@@H](O)[C@@H](N)c1ccc(C(C)(C)C)cc1.Cl. The lowest BCUT2D eigenvalue weighted by Crippen LogP contribution is -2.27. The fourth-order valence-corrected chi connectivity index (χ4v) is 2.06. The van der Waals surface area contributed by atoms with Gasteiger partial charge < -0.3 is 10.8 Å². The maximum atomic E-state index is 10.0. The third-order valence-electron chi connectivity index (χ3n) is 3.29. The zero-order valence-corrected chi connectivity index (χ0v) is 13.5. The molecule has 0 amide bonds. The van der Waals surface area contributed by atoms with Gasteiger partial charge in [0.2, 0.25) is 0 Å². The van der Waals surface area contributed by atoms with Crippen molar-refractivity contribution in [2.45, 2.75) is 58.6 Å². The standard InChI is InChI=1S/C16H27NO.ClH/c1-11(2)10-14(18)15(17)12-6-8-13(9-7-12)16(3,4)5;/h6-9,11,14-15,18H,10,17H2,1-5H3;1H/t14-,15+;/m1./s1. The third kappa shape index (κ3) is 5.52. The minimum absolute atomic E-state index is 0. The van der Waals surface area contributed by atoms with E-state index in [1.165, 1.54) is 5.56 Å². The smallest absolute Gasteiger partial charge is 0.0735 e. The highest BCUT2D eigenvalue weighted by molar-refractivity contribution is 5.85. The molecule has 0 radical (unpaired) electrons. The van der Waals surface area contributed by atoms with Crippen LogP contribution in [-0.2, 0) is 5.41 Å². The summed E-state index contributed by atoms with van der Waals surface area (Å²) in [5, 5.41) is 10.0. The maximum absolute atomic E-state index is 10.0. The molecule has 3 heteroatoms. The van der Waals surface area contributed by atoms with Crippen LogP contribution in [0.3, 0.4) is 0 Å². The molecule has 0 aliphatic rings. The fraction of sp³-hybridized carbons (Fsp3) is 0.625. The lowest BCUT2D eigenvalue weighted by molar-refractivity contribution is 0.121. The van der Waals surface area contributed by atoms with E-state index in [1.54, 1.807) is 0 Å². The summed E-state index contributed by atoms with van der Waals surface area (Å²) in [5.74, 6) is 0.458. The second kappa shape index (κ2) is 7.28. The predicted molar refractivity (Wildman–Crippen MR) is 84.8 cm³/mol. The van der Waals surface area contributed by atoms with Crippen molar-refractivity contribution in [3.05, 3.63) is 35.4 Å². The molecule has 0 saturated carbocycles. The van der Waals surface area contributed by atoms with Crippen LogP contribution in [0.2, 0.25) is 0 Å². The van der Waals surface area contributed by atoms with Crippen molar-refractivity contribution in [1.82, 2.24) is 0 Å². The Morgan fingerprint density at radius 1 is 1.11 bits per heavy atom. The summed E-state index contributed by atoms with van der Waals surface area (Å²) in [6, 6.07) is 8.00. The topological polar surface area (TPSA) is 46.2 Å². The van der Waals surface area contributed by atoms with Crippen molar-refractivity contribution >= 4 is 12.4 Å². The minimum atomic E-state index is -0.467. The molecule has 2 atom stereocenters. The van der Waals surface area contributed by atoms with Crippen molar-refractivity contribution in [3.63, 3.8) is 0 Å². The van der Waals surface area contributed by atoms with Gasteiger partial charge in [-0.2, -0.15) is 0 Å². The van der Waals surface area contributed by atoms with Gasteiger partial charge >= 0.3 is 0 Å². The second-order valence-corrected chi connectivity index (χ2v) is 6.59. The Morgan fingerprint density at radius 3 is 1.95 bits per heavy atom. The van der Waals surface area contributed by atoms with E-state index in [-0.39, 0.29) is 23.9 Å². The summed E-state index contributed by atoms with van der Waals surface area (Å²) in [5.41, 5.74) is 8.55. The molecule has 110 valence electrons. The second-order valence-electron chi connectivity index (χ2n) is 6.59. The van der Waals surface area contributed by atoms with Crippen LogP contribution in [0.25, 0.3) is 0 Å². The number of aliphatic hydroxyl groups excluding tert-OH is 1. The first-order chi connectivity index (χ1) is 8.21. The number of rotatable bonds is 4. The molecular weight excluding hydrogens is 258 g/mol. The normalized spacial score (nSPS) is 14.9. The molecule has 0 aliphatic carbocycles. The average molecular weight is 286 g/mol. The van der Waals surface area contributed by atoms with Crippen LogP contribution in [0, 0.1) is 5.92 Å². The van der Waals surface area contributed by atoms with Gasteiger partial charge in [0.1, 0.15) is 0 Å². The summed E-state index contributed by atoms with van der Waals surface area (Å²) in [4.78, 5) is 0. The largest absolute Gasteiger partial charge is 0.391 e. The quantitative estimate of drug-likeness (QED) is 0.883. The van der Waals surface area contributed by atoms with Gasteiger partial charge in [0.15, 0.2) is 0 Å². The van der Waals surface area contributed by atoms with Gasteiger partial charge in [-0.05, 0) is 28.9 Å². The molecule has 0 heterocycles. The maximum Gasteiger partial charge on any atom is 0.0735 e. The Bertz CT molecular complexity index is 367. The Hall–Kier alpha value is -0.570. The number of hydrogen-bond donors (Lipinski definition) is 2. The number of hydrogen-bond acceptors (Lipinski definition) is 2. The van der Waals surface area contributed by atoms with Crippen molar-refractivity contribution < 1.29 is 5.11 Å². The van der Waals surface area contributed by atoms with Gasteiger partial charge in [0.05, 0.1) is 12.1 Å². The summed E-state index contributed by atoms with van der Waals surface area (Å²) in [7, 11) is 0. The molecular formula is C16H28ClNO. The highest BCUT2D eigenvalue weighted by Crippen LogP contribution is 2.25. The van der Waals surface area contributed by atoms with Crippen molar-refractivity contribution in [3.8, 4) is 0 Å². The molecule has 1 aromatic rings. The predicted octanol–water partition coefficient (Wildman–Crippen LogP) is 3.81. The lowest BCUT2D eigenvalue weighted by Gasteiger charge is -2.23. The molecule has 19 heavy (non-hydrogen) atoms. The fourth-order valence-electron chi connectivity index (χ4n) is 2.06. The summed E-state index contributed by atoms with van der Waals surface area (Å²) in [6.07, 6.45) is 0.271. The van der Waals surface area contributed by atoms with Crippen LogP contribution < -0.4 is 5.73 Å². The van der Waals surface area contributed by atoms with Crippen LogP contribution in [-0.4, -0.2) is 11.2 Å². The van der Waals surface area contributed by atoms with Gasteiger partial charge in [0.25, 0.3) is 0 Å². The first-order valence-electron chi connectivity index (χ1n) is 6.76. The van der Waals surface area contributed by atoms with E-state index >= 15 is 0 Å². The summed E-state index contributed by atoms with van der Waals surface area (Å²) in [6.45, 7) is 10.8. The highest BCUT2D eigenvalue weighted by atomic mass is 35.5. The molecule has 3 N–H and O–H groups in total. The number of benzene rings is 1. The number of aliphatic hydroxyl groups is 1. The molecule has 0 fully saturated rings. The van der Waals surface area contributed by atoms with E-state index in [4.69, 9.17) is 5.73 Å².